The second-order valence-corrected chi connectivity index (χ2v) is 13.6. The van der Waals surface area contributed by atoms with Crippen LogP contribution in [0.4, 0.5) is 0 Å². The van der Waals surface area contributed by atoms with Crippen molar-refractivity contribution in [3.8, 4) is 44.9 Å². The lowest BCUT2D eigenvalue weighted by Crippen LogP contribution is -1.96. The Morgan fingerprint density at radius 2 is 1.13 bits per heavy atom. The summed E-state index contributed by atoms with van der Waals surface area (Å²) in [7, 11) is 0. The number of benzene rings is 1. The number of nitrogens with one attached hydrogen (secondary N) is 2. The summed E-state index contributed by atoms with van der Waals surface area (Å²) in [6.45, 7) is 6.16. The van der Waals surface area contributed by atoms with Crippen molar-refractivity contribution < 1.29 is 9.90 Å². The Labute approximate surface area is 310 Å². The molecular weight excluding hydrogens is 671 g/mol. The topological polar surface area (TPSA) is 133 Å². The van der Waals surface area contributed by atoms with E-state index in [9.17, 15) is 9.90 Å². The highest BCUT2D eigenvalue weighted by atomic mass is 16.4. The smallest absolute Gasteiger partial charge is 0.335 e. The molecule has 9 nitrogen and oxygen atoms in total. The minimum atomic E-state index is -0.959. The Morgan fingerprint density at radius 3 is 1.72 bits per heavy atom. The lowest BCUT2D eigenvalue weighted by atomic mass is 9.99. The van der Waals surface area contributed by atoms with Crippen LogP contribution >= 0.6 is 0 Å². The monoisotopic (exact) mass is 703 g/mol. The largest absolute Gasteiger partial charge is 0.478 e. The van der Waals surface area contributed by atoms with E-state index in [0.717, 1.165) is 106 Å². The third-order valence-corrected chi connectivity index (χ3v) is 9.73. The number of H-pyrrole nitrogens is 2. The van der Waals surface area contributed by atoms with E-state index >= 15 is 0 Å². The zero-order valence-electron chi connectivity index (χ0n) is 29.7. The van der Waals surface area contributed by atoms with Crippen molar-refractivity contribution >= 4 is 52.3 Å². The molecule has 0 atom stereocenters. The predicted octanol–water partition coefficient (Wildman–Crippen LogP) is 10.1. The molecule has 0 radical (unpaired) electrons. The number of pyridine rings is 3. The second-order valence-electron chi connectivity index (χ2n) is 13.6. The fourth-order valence-electron chi connectivity index (χ4n) is 7.08. The summed E-state index contributed by atoms with van der Waals surface area (Å²) in [6.07, 6.45) is 13.6. The van der Waals surface area contributed by atoms with Gasteiger partial charge in [-0.15, -0.1) is 0 Å². The van der Waals surface area contributed by atoms with Gasteiger partial charge in [0.1, 0.15) is 0 Å². The Bertz CT molecular complexity index is 2900. The summed E-state index contributed by atoms with van der Waals surface area (Å²) in [5, 5.41) is 9.39. The van der Waals surface area contributed by atoms with Crippen LogP contribution in [0.2, 0.25) is 0 Å². The Morgan fingerprint density at radius 1 is 0.574 bits per heavy atom. The van der Waals surface area contributed by atoms with Gasteiger partial charge in [0.2, 0.25) is 0 Å². The van der Waals surface area contributed by atoms with Crippen LogP contribution < -0.4 is 0 Å². The molecule has 0 fully saturated rings. The molecule has 0 unspecified atom stereocenters. The Hall–Kier alpha value is -7.26. The fourth-order valence-corrected chi connectivity index (χ4v) is 7.08. The third kappa shape index (κ3) is 5.97. The number of nitrogens with zero attached hydrogens (tertiary/aromatic N) is 5. The third-order valence-electron chi connectivity index (χ3n) is 9.73. The van der Waals surface area contributed by atoms with Crippen LogP contribution in [0.3, 0.4) is 0 Å². The van der Waals surface area contributed by atoms with Crippen molar-refractivity contribution in [2.75, 3.05) is 0 Å². The Balaban J connectivity index is 1.33. The summed E-state index contributed by atoms with van der Waals surface area (Å²) in [6, 6.07) is 27.3. The number of carboxylic acid groups (broad SMARTS) is 1. The van der Waals surface area contributed by atoms with E-state index in [2.05, 4.69) is 60.2 Å². The highest BCUT2D eigenvalue weighted by Crippen LogP contribution is 2.36. The quantitative estimate of drug-likeness (QED) is 0.162. The maximum atomic E-state index is 11.5. The van der Waals surface area contributed by atoms with E-state index < -0.39 is 5.97 Å². The van der Waals surface area contributed by atoms with Gasteiger partial charge in [-0.1, -0.05) is 12.1 Å². The number of aromatic carboxylic acids is 1. The maximum Gasteiger partial charge on any atom is 0.335 e. The molecule has 9 rings (SSSR count). The van der Waals surface area contributed by atoms with Crippen molar-refractivity contribution in [1.82, 2.24) is 34.9 Å². The lowest BCUT2D eigenvalue weighted by Gasteiger charge is -2.10. The molecule has 6 aromatic heterocycles. The van der Waals surface area contributed by atoms with Gasteiger partial charge < -0.3 is 15.1 Å². The van der Waals surface area contributed by atoms with Crippen LogP contribution in [0.25, 0.3) is 91.3 Å². The van der Waals surface area contributed by atoms with Crippen molar-refractivity contribution in [1.29, 1.82) is 0 Å². The molecule has 54 heavy (non-hydrogen) atoms. The van der Waals surface area contributed by atoms with E-state index in [1.807, 2.05) is 86.2 Å². The number of aromatic nitrogens is 7. The number of rotatable bonds is 5. The average molecular weight is 704 g/mol. The number of carboxylic acids is 1. The van der Waals surface area contributed by atoms with Gasteiger partial charge in [-0.05, 0) is 140 Å². The van der Waals surface area contributed by atoms with E-state index in [1.165, 1.54) is 0 Å². The first-order valence-electron chi connectivity index (χ1n) is 17.6. The van der Waals surface area contributed by atoms with Crippen molar-refractivity contribution in [3.63, 3.8) is 0 Å². The summed E-state index contributed by atoms with van der Waals surface area (Å²) >= 11 is 0. The van der Waals surface area contributed by atoms with E-state index in [1.54, 1.807) is 12.1 Å². The van der Waals surface area contributed by atoms with Crippen LogP contribution in [-0.2, 0) is 0 Å². The lowest BCUT2D eigenvalue weighted by molar-refractivity contribution is 0.0697. The minimum Gasteiger partial charge on any atom is -0.478 e. The molecule has 0 saturated heterocycles. The minimum absolute atomic E-state index is 0.239. The predicted molar refractivity (Wildman–Crippen MR) is 215 cm³/mol. The SMILES string of the molecule is Cc1ccnc(-c2c3nc(c(-c4cc(C)ccn4)c4ccc([nH]4)c(-c4cc(C)c(-c5ccc(C(=O)O)cc5)cn4)c4nc(cc5ccc2[nH]5)C=C4)C=C3)c1. The maximum absolute atomic E-state index is 11.5. The zero-order chi connectivity index (χ0) is 36.9. The van der Waals surface area contributed by atoms with Gasteiger partial charge >= 0.3 is 5.97 Å². The van der Waals surface area contributed by atoms with E-state index in [0.29, 0.717) is 0 Å². The molecule has 1 aromatic carbocycles. The average Bonchev–Trinajstić information content (AvgIpc) is 4.00. The first-order valence-corrected chi connectivity index (χ1v) is 17.6. The number of aromatic amines is 2. The number of fused-ring (bicyclic) bond motifs is 8. The Kier molecular flexibility index (Phi) is 7.89. The first-order chi connectivity index (χ1) is 26.3. The molecule has 8 bridgehead atoms. The van der Waals surface area contributed by atoms with Crippen molar-refractivity contribution in [3.05, 3.63) is 149 Å². The summed E-state index contributed by atoms with van der Waals surface area (Å²) in [4.78, 5) is 43.7. The van der Waals surface area contributed by atoms with Gasteiger partial charge in [-0.25, -0.2) is 14.8 Å². The highest BCUT2D eigenvalue weighted by molar-refractivity contribution is 5.96. The number of carbonyl (C=O) groups is 1. The number of hydrogen-bond donors (Lipinski definition) is 3. The molecule has 3 N–H and O–H groups in total. The van der Waals surface area contributed by atoms with Crippen molar-refractivity contribution in [2.45, 2.75) is 20.8 Å². The number of hydrogen-bond acceptors (Lipinski definition) is 6. The van der Waals surface area contributed by atoms with Gasteiger partial charge in [0.15, 0.2) is 0 Å². The summed E-state index contributed by atoms with van der Waals surface area (Å²) < 4.78 is 0. The molecular formula is C45H33N7O2. The zero-order valence-corrected chi connectivity index (χ0v) is 29.7. The fraction of sp³-hybridized carbons (Fsp3) is 0.0667. The molecule has 260 valence electrons. The molecule has 0 amide bonds. The van der Waals surface area contributed by atoms with Crippen molar-refractivity contribution in [2.24, 2.45) is 0 Å². The van der Waals surface area contributed by atoms with Gasteiger partial charge in [-0.3, -0.25) is 15.0 Å². The van der Waals surface area contributed by atoms with Gasteiger partial charge in [-0.2, -0.15) is 0 Å². The summed E-state index contributed by atoms with van der Waals surface area (Å²) in [5.41, 5.74) is 16.8. The van der Waals surface area contributed by atoms with Crippen LogP contribution in [0.1, 0.15) is 49.8 Å². The molecule has 2 aliphatic rings. The molecule has 8 heterocycles. The molecule has 9 heteroatoms. The van der Waals surface area contributed by atoms with Crippen LogP contribution in [0, 0.1) is 20.8 Å². The second kappa shape index (κ2) is 13.1. The van der Waals surface area contributed by atoms with Crippen LogP contribution in [0.5, 0.6) is 0 Å². The molecule has 0 spiro atoms. The van der Waals surface area contributed by atoms with Gasteiger partial charge in [0.05, 0.1) is 62.0 Å². The van der Waals surface area contributed by atoms with E-state index in [4.69, 9.17) is 24.9 Å². The van der Waals surface area contributed by atoms with E-state index in [-0.39, 0.29) is 5.56 Å². The molecule has 0 saturated carbocycles. The number of aryl methyl sites for hydroxylation is 3. The molecule has 2 aliphatic heterocycles. The summed E-state index contributed by atoms with van der Waals surface area (Å²) in [5.74, 6) is -0.959. The van der Waals surface area contributed by atoms with Gasteiger partial charge in [0.25, 0.3) is 0 Å². The highest BCUT2D eigenvalue weighted by Gasteiger charge is 2.19. The molecule has 7 aromatic rings. The standard InChI is InChI=1S/C45H33N7O2/c1-25-16-18-46-39(20-25)42-33-10-8-30(49-33)23-31-9-11-34(50-31)43(41-22-27(3)32(24-48-41)28-4-6-29(7-5-28)45(53)54)36-13-15-38(52-36)44(37-14-12-35(42)51-37)40-21-26(2)17-19-47-40/h4-24,49,52H,1-3H3,(H,53,54). The first kappa shape index (κ1) is 32.6. The molecule has 0 aliphatic carbocycles. The van der Waals surface area contributed by atoms with Gasteiger partial charge in [0, 0.05) is 46.4 Å². The van der Waals surface area contributed by atoms with Crippen LogP contribution in [-0.4, -0.2) is 46.0 Å². The van der Waals surface area contributed by atoms with Crippen LogP contribution in [0.15, 0.2) is 104 Å². The normalized spacial score (nSPS) is 12.0.